The number of hydrogen-bond donors (Lipinski definition) is 2. The number of aliphatic hydroxyl groups is 1. The van der Waals surface area contributed by atoms with Crippen LogP contribution in [0, 0.1) is 5.92 Å². The summed E-state index contributed by atoms with van der Waals surface area (Å²) in [6.45, 7) is 0.273. The van der Waals surface area contributed by atoms with Crippen LogP contribution in [-0.4, -0.2) is 44.3 Å². The minimum atomic E-state index is -0.293. The number of thiazole rings is 1. The zero-order valence-corrected chi connectivity index (χ0v) is 17.9. The molecule has 8 nitrogen and oxygen atoms in total. The molecule has 0 spiro atoms. The number of carbonyl (C=O) groups excluding carboxylic acids is 1. The predicted molar refractivity (Wildman–Crippen MR) is 119 cm³/mol. The molecular weight excluding hydrogens is 414 g/mol. The Morgan fingerprint density at radius 3 is 2.94 bits per heavy atom. The highest BCUT2D eigenvalue weighted by Crippen LogP contribution is 2.41. The predicted octanol–water partition coefficient (Wildman–Crippen LogP) is 3.87. The number of carbonyl (C=O) groups is 1. The van der Waals surface area contributed by atoms with Gasteiger partial charge in [-0.15, -0.1) is 11.3 Å². The lowest BCUT2D eigenvalue weighted by molar-refractivity contribution is 0.102. The Kier molecular flexibility index (Phi) is 5.29. The molecule has 1 aliphatic rings. The summed E-state index contributed by atoms with van der Waals surface area (Å²) >= 11 is 1.66. The van der Waals surface area contributed by atoms with Gasteiger partial charge in [0.15, 0.2) is 5.65 Å². The van der Waals surface area contributed by atoms with Crippen LogP contribution in [0.25, 0.3) is 15.9 Å². The highest BCUT2D eigenvalue weighted by molar-refractivity contribution is 7.18. The van der Waals surface area contributed by atoms with E-state index in [2.05, 4.69) is 15.4 Å². The number of rotatable bonds is 5. The lowest BCUT2D eigenvalue weighted by Gasteiger charge is -2.25. The van der Waals surface area contributed by atoms with Crippen LogP contribution in [0.15, 0.2) is 36.8 Å². The molecular formula is C22H23N5O3S. The van der Waals surface area contributed by atoms with Crippen molar-refractivity contribution >= 4 is 38.8 Å². The molecule has 0 atom stereocenters. The Morgan fingerprint density at radius 2 is 2.16 bits per heavy atom. The molecule has 0 aliphatic heterocycles. The van der Waals surface area contributed by atoms with E-state index in [4.69, 9.17) is 9.72 Å². The van der Waals surface area contributed by atoms with Crippen molar-refractivity contribution in [3.8, 4) is 5.75 Å². The van der Waals surface area contributed by atoms with Crippen LogP contribution < -0.4 is 10.1 Å². The Hall–Kier alpha value is -3.04. The summed E-state index contributed by atoms with van der Waals surface area (Å²) in [7, 11) is 1.58. The first-order valence-electron chi connectivity index (χ1n) is 10.3. The van der Waals surface area contributed by atoms with Gasteiger partial charge in [0.2, 0.25) is 0 Å². The standard InChI is InChI=1S/C22H23N5O3S/c1-30-18-9-17-19(31-22(26-17)14-5-3-13(12-28)4-6-14)10-16(18)25-21(29)15-11-24-27-8-2-7-23-20(15)27/h2,7-11,13-14,28H,3-6,12H2,1H3,(H,25,29). The van der Waals surface area contributed by atoms with Crippen LogP contribution in [0.4, 0.5) is 5.69 Å². The number of fused-ring (bicyclic) bond motifs is 2. The molecule has 1 aromatic carbocycles. The van der Waals surface area contributed by atoms with Crippen molar-refractivity contribution in [1.82, 2.24) is 19.6 Å². The fourth-order valence-corrected chi connectivity index (χ4v) is 5.34. The van der Waals surface area contributed by atoms with Gasteiger partial charge in [-0.3, -0.25) is 4.79 Å². The molecule has 160 valence electrons. The minimum Gasteiger partial charge on any atom is -0.494 e. The molecule has 1 aliphatic carbocycles. The van der Waals surface area contributed by atoms with Gasteiger partial charge in [-0.1, -0.05) is 0 Å². The van der Waals surface area contributed by atoms with Gasteiger partial charge in [0.05, 0.1) is 34.2 Å². The van der Waals surface area contributed by atoms with Crippen LogP contribution in [-0.2, 0) is 0 Å². The van der Waals surface area contributed by atoms with Crippen molar-refractivity contribution in [1.29, 1.82) is 0 Å². The highest BCUT2D eigenvalue weighted by Gasteiger charge is 2.25. The first-order valence-corrected chi connectivity index (χ1v) is 11.2. The van der Waals surface area contributed by atoms with Gasteiger partial charge in [0.1, 0.15) is 11.3 Å². The molecule has 1 saturated carbocycles. The number of amides is 1. The van der Waals surface area contributed by atoms with Gasteiger partial charge in [-0.25, -0.2) is 14.5 Å². The maximum Gasteiger partial charge on any atom is 0.261 e. The van der Waals surface area contributed by atoms with E-state index in [1.807, 2.05) is 12.1 Å². The molecule has 1 amide bonds. The molecule has 5 rings (SSSR count). The number of nitrogens with zero attached hydrogens (tertiary/aromatic N) is 4. The van der Waals surface area contributed by atoms with Gasteiger partial charge in [-0.2, -0.15) is 5.10 Å². The quantitative estimate of drug-likeness (QED) is 0.492. The number of anilines is 1. The zero-order valence-electron chi connectivity index (χ0n) is 17.1. The van der Waals surface area contributed by atoms with Gasteiger partial charge >= 0.3 is 0 Å². The van der Waals surface area contributed by atoms with Crippen molar-refractivity contribution < 1.29 is 14.6 Å². The summed E-state index contributed by atoms with van der Waals surface area (Å²) in [6, 6.07) is 5.56. The molecule has 0 radical (unpaired) electrons. The number of hydrogen-bond acceptors (Lipinski definition) is 7. The number of aliphatic hydroxyl groups excluding tert-OH is 1. The van der Waals surface area contributed by atoms with Crippen LogP contribution in [0.5, 0.6) is 5.75 Å². The third-order valence-electron chi connectivity index (χ3n) is 5.95. The van der Waals surface area contributed by atoms with E-state index in [0.29, 0.717) is 34.5 Å². The number of aromatic nitrogens is 4. The largest absolute Gasteiger partial charge is 0.494 e. The van der Waals surface area contributed by atoms with E-state index in [0.717, 1.165) is 40.9 Å². The van der Waals surface area contributed by atoms with Crippen molar-refractivity contribution in [3.05, 3.63) is 47.4 Å². The summed E-state index contributed by atoms with van der Waals surface area (Å²) in [5.74, 6) is 1.11. The third-order valence-corrected chi connectivity index (χ3v) is 7.13. The summed E-state index contributed by atoms with van der Waals surface area (Å²) in [4.78, 5) is 22.0. The van der Waals surface area contributed by atoms with Gasteiger partial charge in [0, 0.05) is 31.0 Å². The number of benzene rings is 1. The Morgan fingerprint density at radius 1 is 1.32 bits per heavy atom. The molecule has 1 fully saturated rings. The summed E-state index contributed by atoms with van der Waals surface area (Å²) in [5, 5.41) is 17.6. The van der Waals surface area contributed by atoms with E-state index in [9.17, 15) is 9.90 Å². The molecule has 31 heavy (non-hydrogen) atoms. The first kappa shape index (κ1) is 19.9. The minimum absolute atomic E-state index is 0.273. The second-order valence-electron chi connectivity index (χ2n) is 7.87. The van der Waals surface area contributed by atoms with Gasteiger partial charge in [-0.05, 0) is 43.7 Å². The van der Waals surface area contributed by atoms with E-state index >= 15 is 0 Å². The lowest BCUT2D eigenvalue weighted by Crippen LogP contribution is -2.15. The summed E-state index contributed by atoms with van der Waals surface area (Å²) in [5.41, 5.74) is 2.36. The SMILES string of the molecule is COc1cc2nc(C3CCC(CO)CC3)sc2cc1NC(=O)c1cnn2cccnc12. The fourth-order valence-electron chi connectivity index (χ4n) is 4.18. The van der Waals surface area contributed by atoms with Crippen LogP contribution in [0.1, 0.15) is 47.0 Å². The van der Waals surface area contributed by atoms with Crippen molar-refractivity contribution in [2.24, 2.45) is 5.92 Å². The second kappa shape index (κ2) is 8.24. The second-order valence-corrected chi connectivity index (χ2v) is 8.94. The molecule has 3 aromatic heterocycles. The Labute approximate surface area is 182 Å². The van der Waals surface area contributed by atoms with Crippen molar-refractivity contribution in [2.75, 3.05) is 19.0 Å². The number of ether oxygens (including phenoxy) is 1. The Bertz CT molecular complexity index is 1240. The number of nitrogens with one attached hydrogen (secondary N) is 1. The smallest absolute Gasteiger partial charge is 0.261 e. The average Bonchev–Trinajstić information content (AvgIpc) is 3.42. The zero-order chi connectivity index (χ0) is 21.4. The monoisotopic (exact) mass is 437 g/mol. The highest BCUT2D eigenvalue weighted by atomic mass is 32.1. The van der Waals surface area contributed by atoms with Crippen LogP contribution >= 0.6 is 11.3 Å². The Balaban J connectivity index is 1.42. The van der Waals surface area contributed by atoms with Crippen LogP contribution in [0.3, 0.4) is 0 Å². The molecule has 0 saturated heterocycles. The first-order chi connectivity index (χ1) is 15.2. The van der Waals surface area contributed by atoms with Crippen molar-refractivity contribution in [3.63, 3.8) is 0 Å². The molecule has 2 N–H and O–H groups in total. The third kappa shape index (κ3) is 3.75. The van der Waals surface area contributed by atoms with Gasteiger partial charge < -0.3 is 15.2 Å². The van der Waals surface area contributed by atoms with E-state index < -0.39 is 0 Å². The van der Waals surface area contributed by atoms with E-state index in [1.165, 1.54) is 6.20 Å². The number of methoxy groups -OCH3 is 1. The van der Waals surface area contributed by atoms with Gasteiger partial charge in [0.25, 0.3) is 5.91 Å². The molecule has 0 unspecified atom stereocenters. The normalized spacial score (nSPS) is 19.0. The molecule has 4 aromatic rings. The molecule has 0 bridgehead atoms. The van der Waals surface area contributed by atoms with E-state index in [-0.39, 0.29) is 12.5 Å². The molecule has 9 heteroatoms. The summed E-state index contributed by atoms with van der Waals surface area (Å²) < 4.78 is 8.10. The maximum atomic E-state index is 12.9. The van der Waals surface area contributed by atoms with E-state index in [1.54, 1.807) is 41.4 Å². The average molecular weight is 438 g/mol. The lowest BCUT2D eigenvalue weighted by atomic mass is 9.83. The maximum absolute atomic E-state index is 12.9. The van der Waals surface area contributed by atoms with Crippen molar-refractivity contribution in [2.45, 2.75) is 31.6 Å². The molecule has 3 heterocycles. The van der Waals surface area contributed by atoms with Crippen LogP contribution in [0.2, 0.25) is 0 Å². The summed E-state index contributed by atoms with van der Waals surface area (Å²) in [6.07, 6.45) is 9.06. The topological polar surface area (TPSA) is 102 Å². The fraction of sp³-hybridized carbons (Fsp3) is 0.364.